The van der Waals surface area contributed by atoms with Crippen LogP contribution in [0, 0.1) is 0 Å². The lowest BCUT2D eigenvalue weighted by Crippen LogP contribution is -2.21. The topological polar surface area (TPSA) is 37.3 Å². The molecule has 24 heavy (non-hydrogen) atoms. The normalized spacial score (nSPS) is 19.9. The zero-order valence-electron chi connectivity index (χ0n) is 14.2. The van der Waals surface area contributed by atoms with Crippen LogP contribution in [-0.2, 0) is 30.5 Å². The van der Waals surface area contributed by atoms with E-state index in [1.807, 2.05) is 0 Å². The van der Waals surface area contributed by atoms with Crippen molar-refractivity contribution in [1.82, 2.24) is 0 Å². The Morgan fingerprint density at radius 3 is 1.54 bits per heavy atom. The van der Waals surface area contributed by atoms with Gasteiger partial charge in [0.1, 0.15) is 6.10 Å². The SMILES string of the molecule is O=C1CCc2ccc(cc2)CCCCc2ccc(cc2)CC[C@H]1O. The standard InChI is InChI=1S/C22H26O2/c23-21-15-13-19-9-5-17(6-10-19)3-1-2-4-18-7-11-20(12-8-18)14-16-22(21)24/h5-12,21,23H,1-4,13-16H2/t21-/m1/s1. The van der Waals surface area contributed by atoms with Gasteiger partial charge in [-0.15, -0.1) is 0 Å². The van der Waals surface area contributed by atoms with Crippen LogP contribution in [0.15, 0.2) is 48.5 Å². The number of aliphatic hydroxyl groups excluding tert-OH is 1. The third-order valence-electron chi connectivity index (χ3n) is 4.97. The fraction of sp³-hybridized carbons (Fsp3) is 0.409. The van der Waals surface area contributed by atoms with E-state index >= 15 is 0 Å². The second-order valence-electron chi connectivity index (χ2n) is 6.86. The van der Waals surface area contributed by atoms with Crippen molar-refractivity contribution in [3.05, 3.63) is 70.8 Å². The number of benzene rings is 2. The third kappa shape index (κ3) is 4.78. The molecule has 0 saturated heterocycles. The van der Waals surface area contributed by atoms with E-state index in [0.29, 0.717) is 19.3 Å². The van der Waals surface area contributed by atoms with Gasteiger partial charge in [-0.1, -0.05) is 48.5 Å². The summed E-state index contributed by atoms with van der Waals surface area (Å²) in [5.41, 5.74) is 5.10. The van der Waals surface area contributed by atoms with Crippen molar-refractivity contribution in [2.24, 2.45) is 0 Å². The molecule has 6 rings (SSSR count). The highest BCUT2D eigenvalue weighted by Crippen LogP contribution is 2.15. The number of aryl methyl sites for hydroxylation is 4. The van der Waals surface area contributed by atoms with Gasteiger partial charge in [0.2, 0.25) is 0 Å². The van der Waals surface area contributed by atoms with Crippen LogP contribution in [0.3, 0.4) is 0 Å². The molecule has 4 aliphatic carbocycles. The summed E-state index contributed by atoms with van der Waals surface area (Å²) in [5, 5.41) is 10.1. The maximum atomic E-state index is 12.1. The van der Waals surface area contributed by atoms with Crippen molar-refractivity contribution in [2.45, 2.75) is 57.5 Å². The van der Waals surface area contributed by atoms with E-state index in [2.05, 4.69) is 48.5 Å². The van der Waals surface area contributed by atoms with E-state index in [0.717, 1.165) is 19.3 Å². The number of hydrogen-bond acceptors (Lipinski definition) is 2. The highest BCUT2D eigenvalue weighted by molar-refractivity contribution is 5.83. The van der Waals surface area contributed by atoms with Crippen molar-refractivity contribution in [2.75, 3.05) is 0 Å². The summed E-state index contributed by atoms with van der Waals surface area (Å²) < 4.78 is 0. The Bertz CT molecular complexity index is 655. The quantitative estimate of drug-likeness (QED) is 0.794. The number of ketones is 1. The molecule has 0 heterocycles. The zero-order valence-corrected chi connectivity index (χ0v) is 14.2. The van der Waals surface area contributed by atoms with Crippen molar-refractivity contribution in [3.63, 3.8) is 0 Å². The fourth-order valence-electron chi connectivity index (χ4n) is 3.30. The molecule has 0 aliphatic heterocycles. The molecule has 4 bridgehead atoms. The van der Waals surface area contributed by atoms with Gasteiger partial charge in [-0.25, -0.2) is 0 Å². The Morgan fingerprint density at radius 2 is 1.04 bits per heavy atom. The van der Waals surface area contributed by atoms with Gasteiger partial charge in [-0.2, -0.15) is 0 Å². The van der Waals surface area contributed by atoms with E-state index in [4.69, 9.17) is 0 Å². The molecular formula is C22H26O2. The molecule has 2 nitrogen and oxygen atoms in total. The van der Waals surface area contributed by atoms with Crippen molar-refractivity contribution in [3.8, 4) is 0 Å². The van der Waals surface area contributed by atoms with Gasteiger partial charge in [0.15, 0.2) is 5.78 Å². The molecule has 2 heteroatoms. The maximum Gasteiger partial charge on any atom is 0.161 e. The molecule has 0 unspecified atom stereocenters. The number of aliphatic hydroxyl groups is 1. The number of carbonyl (C=O) groups is 1. The molecule has 0 aromatic heterocycles. The summed E-state index contributed by atoms with van der Waals surface area (Å²) >= 11 is 0. The Labute approximate surface area is 144 Å². The van der Waals surface area contributed by atoms with Crippen LogP contribution < -0.4 is 0 Å². The Hall–Kier alpha value is -1.93. The number of Topliss-reactive ketones (excluding diaryl/α,β-unsaturated/α-hetero) is 1. The lowest BCUT2D eigenvalue weighted by Gasteiger charge is -2.11. The predicted octanol–water partition coefficient (Wildman–Crippen LogP) is 4.06. The van der Waals surface area contributed by atoms with Gasteiger partial charge < -0.3 is 5.11 Å². The van der Waals surface area contributed by atoms with Crippen LogP contribution in [0.2, 0.25) is 0 Å². The monoisotopic (exact) mass is 322 g/mol. The summed E-state index contributed by atoms with van der Waals surface area (Å²) in [6.07, 6.45) is 6.17. The lowest BCUT2D eigenvalue weighted by atomic mass is 9.97. The van der Waals surface area contributed by atoms with Crippen LogP contribution >= 0.6 is 0 Å². The van der Waals surface area contributed by atoms with Gasteiger partial charge in [0.05, 0.1) is 0 Å². The third-order valence-corrected chi connectivity index (χ3v) is 4.97. The smallest absolute Gasteiger partial charge is 0.161 e. The molecule has 0 radical (unpaired) electrons. The molecule has 126 valence electrons. The van der Waals surface area contributed by atoms with Crippen molar-refractivity contribution >= 4 is 5.78 Å². The average molecular weight is 322 g/mol. The first-order valence-electron chi connectivity index (χ1n) is 9.07. The van der Waals surface area contributed by atoms with Crippen LogP contribution in [0.5, 0.6) is 0 Å². The Balaban J connectivity index is 1.72. The number of carbonyl (C=O) groups excluding carboxylic acids is 1. The van der Waals surface area contributed by atoms with E-state index in [-0.39, 0.29) is 5.78 Å². The molecule has 1 atom stereocenters. The van der Waals surface area contributed by atoms with Crippen molar-refractivity contribution in [1.29, 1.82) is 0 Å². The van der Waals surface area contributed by atoms with Crippen LogP contribution in [0.25, 0.3) is 0 Å². The minimum atomic E-state index is -0.845. The molecule has 0 saturated carbocycles. The fourth-order valence-corrected chi connectivity index (χ4v) is 3.30. The van der Waals surface area contributed by atoms with Crippen LogP contribution in [0.4, 0.5) is 0 Å². The zero-order chi connectivity index (χ0) is 16.8. The molecule has 4 aliphatic rings. The maximum absolute atomic E-state index is 12.1. The largest absolute Gasteiger partial charge is 0.385 e. The first-order valence-corrected chi connectivity index (χ1v) is 9.07. The molecule has 2 aromatic carbocycles. The van der Waals surface area contributed by atoms with Crippen LogP contribution in [0.1, 0.15) is 47.9 Å². The van der Waals surface area contributed by atoms with E-state index < -0.39 is 6.10 Å². The van der Waals surface area contributed by atoms with E-state index in [1.165, 1.54) is 35.1 Å². The van der Waals surface area contributed by atoms with Gasteiger partial charge in [-0.3, -0.25) is 4.79 Å². The minimum absolute atomic E-state index is 0.0446. The summed E-state index contributed by atoms with van der Waals surface area (Å²) in [6.45, 7) is 0. The summed E-state index contributed by atoms with van der Waals surface area (Å²) in [7, 11) is 0. The van der Waals surface area contributed by atoms with Gasteiger partial charge in [0, 0.05) is 6.42 Å². The van der Waals surface area contributed by atoms with Crippen LogP contribution in [-0.4, -0.2) is 17.0 Å². The molecule has 1 N–H and O–H groups in total. The summed E-state index contributed by atoms with van der Waals surface area (Å²) in [5.74, 6) is -0.0446. The lowest BCUT2D eigenvalue weighted by molar-refractivity contribution is -0.127. The second kappa shape index (κ2) is 8.25. The molecule has 2 aromatic rings. The predicted molar refractivity (Wildman–Crippen MR) is 97.2 cm³/mol. The van der Waals surface area contributed by atoms with Gasteiger partial charge in [0.25, 0.3) is 0 Å². The number of rotatable bonds is 0. The summed E-state index contributed by atoms with van der Waals surface area (Å²) in [6, 6.07) is 17.2. The molecule has 0 fully saturated rings. The first kappa shape index (κ1) is 16.9. The average Bonchev–Trinajstić information content (AvgIpc) is 2.62. The second-order valence-corrected chi connectivity index (χ2v) is 6.86. The Kier molecular flexibility index (Phi) is 5.81. The summed E-state index contributed by atoms with van der Waals surface area (Å²) in [4.78, 5) is 12.1. The number of hydrogen-bond donors (Lipinski definition) is 1. The highest BCUT2D eigenvalue weighted by Gasteiger charge is 2.15. The molecule has 0 amide bonds. The Morgan fingerprint density at radius 1 is 0.625 bits per heavy atom. The van der Waals surface area contributed by atoms with E-state index in [1.54, 1.807) is 0 Å². The van der Waals surface area contributed by atoms with Crippen molar-refractivity contribution < 1.29 is 9.90 Å². The van der Waals surface area contributed by atoms with E-state index in [9.17, 15) is 9.90 Å². The molecule has 0 spiro atoms. The first-order chi connectivity index (χ1) is 11.7. The minimum Gasteiger partial charge on any atom is -0.385 e. The van der Waals surface area contributed by atoms with Gasteiger partial charge >= 0.3 is 0 Å². The highest BCUT2D eigenvalue weighted by atomic mass is 16.3. The van der Waals surface area contributed by atoms with Gasteiger partial charge in [-0.05, 0) is 67.2 Å². The molecular weight excluding hydrogens is 296 g/mol.